The van der Waals surface area contributed by atoms with Crippen LogP contribution in [0.1, 0.15) is 59.3 Å². The van der Waals surface area contributed by atoms with Crippen LogP contribution in [0.5, 0.6) is 0 Å². The first-order chi connectivity index (χ1) is 8.42. The highest BCUT2D eigenvalue weighted by Gasteiger charge is 2.40. The summed E-state index contributed by atoms with van der Waals surface area (Å²) in [6, 6.07) is 0. The van der Waals surface area contributed by atoms with E-state index in [1.165, 1.54) is 6.42 Å². The molecule has 4 nitrogen and oxygen atoms in total. The van der Waals surface area contributed by atoms with Crippen molar-refractivity contribution in [1.82, 2.24) is 4.31 Å². The monoisotopic (exact) mass is 276 g/mol. The molecule has 0 saturated heterocycles. The molecule has 1 fully saturated rings. The number of nitrogens with two attached hydrogens (primary N) is 1. The van der Waals surface area contributed by atoms with Crippen LogP contribution in [0.3, 0.4) is 0 Å². The second kappa shape index (κ2) is 6.35. The number of rotatable bonds is 6. The molecule has 5 heteroatoms. The minimum Gasteiger partial charge on any atom is -0.329 e. The average molecular weight is 276 g/mol. The summed E-state index contributed by atoms with van der Waals surface area (Å²) in [5, 5.41) is -0.191. The van der Waals surface area contributed by atoms with Crippen LogP contribution in [-0.2, 0) is 10.0 Å². The highest BCUT2D eigenvalue weighted by molar-refractivity contribution is 7.89. The molecule has 0 aliphatic heterocycles. The third kappa shape index (κ3) is 3.06. The lowest BCUT2D eigenvalue weighted by Crippen LogP contribution is -2.56. The Morgan fingerprint density at radius 3 is 2.17 bits per heavy atom. The van der Waals surface area contributed by atoms with Gasteiger partial charge in [0.05, 0.1) is 5.25 Å². The fourth-order valence-electron chi connectivity index (χ4n) is 2.83. The van der Waals surface area contributed by atoms with Crippen molar-refractivity contribution >= 4 is 10.0 Å². The highest BCUT2D eigenvalue weighted by Crippen LogP contribution is 2.30. The van der Waals surface area contributed by atoms with Gasteiger partial charge in [-0.25, -0.2) is 8.42 Å². The van der Waals surface area contributed by atoms with Crippen LogP contribution in [0, 0.1) is 0 Å². The van der Waals surface area contributed by atoms with Crippen molar-refractivity contribution in [2.24, 2.45) is 5.73 Å². The highest BCUT2D eigenvalue weighted by atomic mass is 32.2. The van der Waals surface area contributed by atoms with E-state index in [2.05, 4.69) is 0 Å². The van der Waals surface area contributed by atoms with Crippen LogP contribution in [0.25, 0.3) is 0 Å². The van der Waals surface area contributed by atoms with Crippen molar-refractivity contribution in [3.63, 3.8) is 0 Å². The van der Waals surface area contributed by atoms with Crippen molar-refractivity contribution in [2.45, 2.75) is 70.1 Å². The summed E-state index contributed by atoms with van der Waals surface area (Å²) in [6.07, 6.45) is 5.61. The third-order valence-corrected chi connectivity index (χ3v) is 7.00. The minimum atomic E-state index is -3.20. The largest absolute Gasteiger partial charge is 0.329 e. The van der Waals surface area contributed by atoms with E-state index in [9.17, 15) is 8.42 Å². The van der Waals surface area contributed by atoms with Crippen LogP contribution < -0.4 is 5.73 Å². The van der Waals surface area contributed by atoms with Gasteiger partial charge in [0.25, 0.3) is 0 Å². The standard InChI is InChI=1S/C13H28N2O2S/c1-4-13(3,11-14)15(5-2)18(16,17)12-9-7-6-8-10-12/h12H,4-11,14H2,1-3H3. The molecule has 0 aromatic heterocycles. The molecule has 0 amide bonds. The first-order valence-electron chi connectivity index (χ1n) is 7.14. The lowest BCUT2D eigenvalue weighted by atomic mass is 9.99. The number of likely N-dealkylation sites (N-methyl/N-ethyl adjacent to an activating group) is 1. The van der Waals surface area contributed by atoms with Crippen LogP contribution in [0.15, 0.2) is 0 Å². The predicted octanol–water partition coefficient (Wildman–Crippen LogP) is 2.10. The molecule has 0 radical (unpaired) electrons. The second-order valence-corrected chi connectivity index (χ2v) is 7.66. The SMILES string of the molecule is CCN(C(C)(CC)CN)S(=O)(=O)C1CCCCC1. The van der Waals surface area contributed by atoms with E-state index < -0.39 is 15.6 Å². The Morgan fingerprint density at radius 2 is 1.78 bits per heavy atom. The predicted molar refractivity (Wildman–Crippen MR) is 75.9 cm³/mol. The maximum atomic E-state index is 12.8. The summed E-state index contributed by atoms with van der Waals surface area (Å²) in [5.41, 5.74) is 5.37. The Hall–Kier alpha value is -0.130. The van der Waals surface area contributed by atoms with Gasteiger partial charge < -0.3 is 5.73 Å². The van der Waals surface area contributed by atoms with E-state index in [4.69, 9.17) is 5.73 Å². The van der Waals surface area contributed by atoms with Crippen LogP contribution in [0.4, 0.5) is 0 Å². The van der Waals surface area contributed by atoms with Crippen LogP contribution in [0.2, 0.25) is 0 Å². The van der Waals surface area contributed by atoms with Crippen molar-refractivity contribution in [1.29, 1.82) is 0 Å². The van der Waals surface area contributed by atoms with Gasteiger partial charge in [-0.15, -0.1) is 0 Å². The van der Waals surface area contributed by atoms with Gasteiger partial charge in [-0.05, 0) is 26.2 Å². The zero-order chi connectivity index (χ0) is 13.8. The second-order valence-electron chi connectivity index (χ2n) is 5.52. The van der Waals surface area contributed by atoms with E-state index in [1.54, 1.807) is 4.31 Å². The lowest BCUT2D eigenvalue weighted by molar-refractivity contribution is 0.210. The van der Waals surface area contributed by atoms with Crippen LogP contribution >= 0.6 is 0 Å². The Balaban J connectivity index is 2.98. The number of hydrogen-bond acceptors (Lipinski definition) is 3. The van der Waals surface area contributed by atoms with Gasteiger partial charge in [0.2, 0.25) is 10.0 Å². The molecular formula is C13H28N2O2S. The third-order valence-electron chi connectivity index (χ3n) is 4.37. The van der Waals surface area contributed by atoms with E-state index in [1.807, 2.05) is 20.8 Å². The molecule has 0 bridgehead atoms. The summed E-state index contributed by atoms with van der Waals surface area (Å²) in [6.45, 7) is 6.76. The first-order valence-corrected chi connectivity index (χ1v) is 8.64. The molecule has 1 rings (SSSR count). The summed E-state index contributed by atoms with van der Waals surface area (Å²) in [4.78, 5) is 0. The molecule has 1 atom stereocenters. The molecule has 18 heavy (non-hydrogen) atoms. The molecule has 1 aliphatic carbocycles. The fraction of sp³-hybridized carbons (Fsp3) is 1.00. The van der Waals surface area contributed by atoms with Gasteiger partial charge in [0, 0.05) is 18.6 Å². The van der Waals surface area contributed by atoms with Crippen molar-refractivity contribution in [3.8, 4) is 0 Å². The topological polar surface area (TPSA) is 63.4 Å². The zero-order valence-electron chi connectivity index (χ0n) is 12.0. The molecule has 2 N–H and O–H groups in total. The molecule has 108 valence electrons. The summed E-state index contributed by atoms with van der Waals surface area (Å²) in [5.74, 6) is 0. The summed E-state index contributed by atoms with van der Waals surface area (Å²) < 4.78 is 27.2. The number of nitrogens with zero attached hydrogens (tertiary/aromatic N) is 1. The van der Waals surface area contributed by atoms with Crippen molar-refractivity contribution in [3.05, 3.63) is 0 Å². The van der Waals surface area contributed by atoms with Gasteiger partial charge in [-0.3, -0.25) is 0 Å². The lowest BCUT2D eigenvalue weighted by Gasteiger charge is -2.41. The quantitative estimate of drug-likeness (QED) is 0.808. The molecule has 1 unspecified atom stereocenters. The zero-order valence-corrected chi connectivity index (χ0v) is 12.8. The Kier molecular flexibility index (Phi) is 5.62. The molecule has 1 aliphatic rings. The summed E-state index contributed by atoms with van der Waals surface area (Å²) >= 11 is 0. The first kappa shape index (κ1) is 15.9. The number of sulfonamides is 1. The average Bonchev–Trinajstić information content (AvgIpc) is 2.40. The minimum absolute atomic E-state index is 0.191. The van der Waals surface area contributed by atoms with Crippen molar-refractivity contribution in [2.75, 3.05) is 13.1 Å². The van der Waals surface area contributed by atoms with Crippen LogP contribution in [-0.4, -0.2) is 36.6 Å². The Labute approximate surface area is 112 Å². The van der Waals surface area contributed by atoms with E-state index in [0.717, 1.165) is 32.1 Å². The molecular weight excluding hydrogens is 248 g/mol. The summed E-state index contributed by atoms with van der Waals surface area (Å²) in [7, 11) is -3.20. The van der Waals surface area contributed by atoms with Gasteiger partial charge in [0.1, 0.15) is 0 Å². The Morgan fingerprint density at radius 1 is 1.22 bits per heavy atom. The molecule has 0 aromatic carbocycles. The van der Waals surface area contributed by atoms with Gasteiger partial charge in [-0.1, -0.05) is 33.1 Å². The maximum absolute atomic E-state index is 12.8. The van der Waals surface area contributed by atoms with Crippen molar-refractivity contribution < 1.29 is 8.42 Å². The smallest absolute Gasteiger partial charge is 0.217 e. The van der Waals surface area contributed by atoms with E-state index >= 15 is 0 Å². The molecule has 0 aromatic rings. The van der Waals surface area contributed by atoms with Gasteiger partial charge in [-0.2, -0.15) is 4.31 Å². The molecule has 0 spiro atoms. The van der Waals surface area contributed by atoms with Gasteiger partial charge in [0.15, 0.2) is 0 Å². The maximum Gasteiger partial charge on any atom is 0.217 e. The molecule has 1 saturated carbocycles. The molecule has 0 heterocycles. The Bertz CT molecular complexity index is 344. The fourth-order valence-corrected chi connectivity index (χ4v) is 5.30. The number of hydrogen-bond donors (Lipinski definition) is 1. The van der Waals surface area contributed by atoms with E-state index in [0.29, 0.717) is 13.1 Å². The van der Waals surface area contributed by atoms with E-state index in [-0.39, 0.29) is 5.25 Å². The normalized spacial score (nSPS) is 22.1. The van der Waals surface area contributed by atoms with Gasteiger partial charge >= 0.3 is 0 Å².